The number of rotatable bonds is 5. The lowest BCUT2D eigenvalue weighted by Gasteiger charge is -2.15. The third-order valence-electron chi connectivity index (χ3n) is 8.81. The molecule has 0 aliphatic rings. The Morgan fingerprint density at radius 2 is 1.19 bits per heavy atom. The van der Waals surface area contributed by atoms with Crippen molar-refractivity contribution in [2.24, 2.45) is 0 Å². The number of hydrogen-bond acceptors (Lipinski definition) is 2. The minimum Gasteiger partial charge on any atom is -0.436 e. The molecule has 7 aromatic carbocycles. The Balaban J connectivity index is 1.09. The van der Waals surface area contributed by atoms with Crippen molar-refractivity contribution >= 4 is 44.5 Å². The molecular weight excluding hydrogens is 596 g/mol. The third-order valence-corrected chi connectivity index (χ3v) is 9.04. The van der Waals surface area contributed by atoms with E-state index in [0.29, 0.717) is 10.9 Å². The molecule has 9 rings (SSSR count). The van der Waals surface area contributed by atoms with Gasteiger partial charge >= 0.3 is 0 Å². The zero-order valence-corrected chi connectivity index (χ0v) is 25.9. The summed E-state index contributed by atoms with van der Waals surface area (Å²) in [6.45, 7) is 0. The molecule has 0 atom stereocenters. The molecule has 220 valence electrons. The number of para-hydroxylation sites is 1. The fraction of sp³-hybridized carbons (Fsp3) is 0. The van der Waals surface area contributed by atoms with E-state index in [9.17, 15) is 0 Å². The van der Waals surface area contributed by atoms with E-state index in [1.54, 1.807) is 0 Å². The first-order valence-electron chi connectivity index (χ1n) is 15.5. The second-order valence-electron chi connectivity index (χ2n) is 11.6. The van der Waals surface area contributed by atoms with Gasteiger partial charge in [-0.2, -0.15) is 0 Å². The lowest BCUT2D eigenvalue weighted by molar-refractivity contribution is 0.620. The second-order valence-corrected chi connectivity index (χ2v) is 12.0. The van der Waals surface area contributed by atoms with E-state index in [-0.39, 0.29) is 0 Å². The number of oxazole rings is 1. The highest BCUT2D eigenvalue weighted by Crippen LogP contribution is 2.39. The van der Waals surface area contributed by atoms with E-state index in [0.717, 1.165) is 55.5 Å². The molecule has 0 amide bonds. The summed E-state index contributed by atoms with van der Waals surface area (Å²) in [4.78, 5) is 4.65. The van der Waals surface area contributed by atoms with Crippen LogP contribution in [0.1, 0.15) is 0 Å². The first-order chi connectivity index (χ1) is 23.2. The number of fused-ring (bicyclic) bond motifs is 4. The summed E-state index contributed by atoms with van der Waals surface area (Å²) in [5, 5.41) is 2.90. The molecule has 0 aliphatic carbocycles. The molecule has 0 unspecified atom stereocenters. The molecule has 2 aromatic heterocycles. The average molecular weight is 621 g/mol. The summed E-state index contributed by atoms with van der Waals surface area (Å²) < 4.78 is 8.32. The van der Waals surface area contributed by atoms with E-state index in [1.165, 1.54) is 22.1 Å². The standard InChI is InChI=1S/C43H25ClN2O/c44-31-23-26-42-39(27-31)45-43(47-42)30-19-17-28(18-20-30)33-9-1-3-11-35(33)36-12-4-2-10-34(36)29-21-24-32(25-22-29)46-40-15-7-5-13-37(40)38-14-6-8-16-41(38)46/h1-5,7-13,15-27H. The van der Waals surface area contributed by atoms with E-state index < -0.39 is 0 Å². The minimum atomic E-state index is 0.577. The van der Waals surface area contributed by atoms with Crippen LogP contribution in [0.4, 0.5) is 0 Å². The largest absolute Gasteiger partial charge is 0.436 e. The maximum Gasteiger partial charge on any atom is 0.227 e. The van der Waals surface area contributed by atoms with Crippen molar-refractivity contribution in [3.8, 4) is 50.5 Å². The molecule has 0 fully saturated rings. The molecular formula is C43H25ClN2O. The maximum absolute atomic E-state index is 6.16. The minimum absolute atomic E-state index is 0.577. The predicted molar refractivity (Wildman–Crippen MR) is 193 cm³/mol. The zero-order chi connectivity index (χ0) is 31.3. The Labute approximate surface area is 276 Å². The molecule has 0 saturated heterocycles. The van der Waals surface area contributed by atoms with Crippen molar-refractivity contribution in [1.29, 1.82) is 0 Å². The summed E-state index contributed by atoms with van der Waals surface area (Å²) in [5.74, 6) is 0.577. The second kappa shape index (κ2) is 11.1. The molecule has 4 heteroatoms. The Hall–Kier alpha value is -6.08. The normalized spacial score (nSPS) is 11.3. The summed E-state index contributed by atoms with van der Waals surface area (Å²) >= 11 is 6.16. The van der Waals surface area contributed by atoms with Gasteiger partial charge in [-0.05, 0) is 94.0 Å². The van der Waals surface area contributed by atoms with Crippen molar-refractivity contribution in [2.75, 3.05) is 0 Å². The van der Waals surface area contributed by atoms with Crippen molar-refractivity contribution in [2.45, 2.75) is 0 Å². The molecule has 47 heavy (non-hydrogen) atoms. The number of halogens is 1. The Morgan fingerprint density at radius 1 is 0.574 bits per heavy atom. The molecule has 0 aliphatic heterocycles. The first kappa shape index (κ1) is 27.2. The van der Waals surface area contributed by atoms with Gasteiger partial charge < -0.3 is 8.98 Å². The van der Waals surface area contributed by atoms with Gasteiger partial charge in [-0.25, -0.2) is 4.98 Å². The van der Waals surface area contributed by atoms with Crippen LogP contribution in [-0.2, 0) is 0 Å². The van der Waals surface area contributed by atoms with Gasteiger partial charge in [0.2, 0.25) is 5.89 Å². The highest BCUT2D eigenvalue weighted by Gasteiger charge is 2.15. The molecule has 0 N–H and O–H groups in total. The first-order valence-corrected chi connectivity index (χ1v) is 15.9. The van der Waals surface area contributed by atoms with Gasteiger partial charge in [-0.1, -0.05) is 115 Å². The average Bonchev–Trinajstić information content (AvgIpc) is 3.71. The Kier molecular flexibility index (Phi) is 6.42. The molecule has 0 bridgehead atoms. The predicted octanol–water partition coefficient (Wildman–Crippen LogP) is 11.8. The fourth-order valence-corrected chi connectivity index (χ4v) is 6.77. The summed E-state index contributed by atoms with van der Waals surface area (Å²) in [6.07, 6.45) is 0. The summed E-state index contributed by atoms with van der Waals surface area (Å²) in [7, 11) is 0. The van der Waals surface area contributed by atoms with Gasteiger partial charge in [-0.3, -0.25) is 0 Å². The highest BCUT2D eigenvalue weighted by molar-refractivity contribution is 6.31. The van der Waals surface area contributed by atoms with Crippen LogP contribution >= 0.6 is 11.6 Å². The van der Waals surface area contributed by atoms with Crippen molar-refractivity contribution in [3.63, 3.8) is 0 Å². The number of nitrogens with zero attached hydrogens (tertiary/aromatic N) is 2. The third kappa shape index (κ3) is 4.67. The van der Waals surface area contributed by atoms with Crippen LogP contribution in [0, 0.1) is 12.1 Å². The van der Waals surface area contributed by atoms with E-state index in [1.807, 2.05) is 24.3 Å². The van der Waals surface area contributed by atoms with Crippen LogP contribution in [0.15, 0.2) is 156 Å². The van der Waals surface area contributed by atoms with Crippen LogP contribution in [0.25, 0.3) is 83.4 Å². The smallest absolute Gasteiger partial charge is 0.227 e. The topological polar surface area (TPSA) is 31.0 Å². The van der Waals surface area contributed by atoms with Gasteiger partial charge in [-0.15, -0.1) is 0 Å². The Bertz CT molecular complexity index is 2520. The van der Waals surface area contributed by atoms with Crippen LogP contribution in [0.5, 0.6) is 0 Å². The van der Waals surface area contributed by atoms with E-state index in [2.05, 4.69) is 149 Å². The summed E-state index contributed by atoms with van der Waals surface area (Å²) in [6, 6.07) is 58.9. The van der Waals surface area contributed by atoms with Crippen molar-refractivity contribution in [1.82, 2.24) is 9.55 Å². The van der Waals surface area contributed by atoms with Gasteiger partial charge in [0.05, 0.1) is 16.4 Å². The monoisotopic (exact) mass is 620 g/mol. The number of aromatic nitrogens is 2. The lowest BCUT2D eigenvalue weighted by Crippen LogP contribution is -1.94. The number of benzene rings is 6. The van der Waals surface area contributed by atoms with Gasteiger partial charge in [0.1, 0.15) is 5.52 Å². The molecule has 9 aromatic rings. The molecule has 2 heterocycles. The van der Waals surface area contributed by atoms with Crippen LogP contribution in [-0.4, -0.2) is 9.55 Å². The van der Waals surface area contributed by atoms with Gasteiger partial charge in [0.25, 0.3) is 0 Å². The lowest BCUT2D eigenvalue weighted by atomic mass is 9.89. The Morgan fingerprint density at radius 3 is 1.91 bits per heavy atom. The van der Waals surface area contributed by atoms with Crippen molar-refractivity contribution < 1.29 is 4.42 Å². The molecule has 3 nitrogen and oxygen atoms in total. The number of hydrogen-bond donors (Lipinski definition) is 0. The molecule has 0 radical (unpaired) electrons. The SMILES string of the molecule is Clc1ccc2oc(-c3ccc(-c4ccccc4-c4ccccc4-c4ccc(-n5c6ccc#cc6c6ccccc65)cc4)cc3)nc2c1. The molecule has 0 saturated carbocycles. The quantitative estimate of drug-likeness (QED) is 0.192. The van der Waals surface area contributed by atoms with E-state index >= 15 is 0 Å². The van der Waals surface area contributed by atoms with Crippen LogP contribution < -0.4 is 0 Å². The van der Waals surface area contributed by atoms with Gasteiger partial charge in [0, 0.05) is 21.7 Å². The van der Waals surface area contributed by atoms with Crippen LogP contribution in [0.3, 0.4) is 0 Å². The molecule has 0 spiro atoms. The van der Waals surface area contributed by atoms with E-state index in [4.69, 9.17) is 16.0 Å². The van der Waals surface area contributed by atoms with Gasteiger partial charge in [0.15, 0.2) is 5.58 Å². The van der Waals surface area contributed by atoms with Crippen molar-refractivity contribution in [3.05, 3.63) is 169 Å². The summed E-state index contributed by atoms with van der Waals surface area (Å²) in [5.41, 5.74) is 12.7. The zero-order valence-electron chi connectivity index (χ0n) is 25.1. The highest BCUT2D eigenvalue weighted by atomic mass is 35.5. The maximum atomic E-state index is 6.16. The van der Waals surface area contributed by atoms with Crippen LogP contribution in [0.2, 0.25) is 5.02 Å². The fourth-order valence-electron chi connectivity index (χ4n) is 6.61.